The van der Waals surface area contributed by atoms with E-state index < -0.39 is 42.3 Å². The van der Waals surface area contributed by atoms with Crippen molar-refractivity contribution >= 4 is 47.1 Å². The van der Waals surface area contributed by atoms with E-state index in [1.807, 2.05) is 4.90 Å². The Morgan fingerprint density at radius 3 is 2.41 bits per heavy atom. The van der Waals surface area contributed by atoms with Gasteiger partial charge in [-0.1, -0.05) is 13.1 Å². The van der Waals surface area contributed by atoms with E-state index in [0.717, 1.165) is 12.1 Å². The van der Waals surface area contributed by atoms with Crippen LogP contribution in [0, 0.1) is 6.92 Å². The van der Waals surface area contributed by atoms with E-state index >= 15 is 0 Å². The smallest absolute Gasteiger partial charge is 0.277 e. The highest BCUT2D eigenvalue weighted by Crippen LogP contribution is 2.32. The summed E-state index contributed by atoms with van der Waals surface area (Å²) < 4.78 is 54.1. The Kier molecular flexibility index (Phi) is 8.42. The summed E-state index contributed by atoms with van der Waals surface area (Å²) in [5, 5.41) is 11.8. The molecule has 0 aromatic carbocycles. The number of halogens is 2. The predicted molar refractivity (Wildman–Crippen MR) is 149 cm³/mol. The molecule has 2 aromatic heterocycles. The van der Waals surface area contributed by atoms with Gasteiger partial charge in [0.05, 0.1) is 38.0 Å². The molecule has 2 fully saturated rings. The zero-order valence-electron chi connectivity index (χ0n) is 22.4. The maximum atomic E-state index is 13.6. The Bertz CT molecular complexity index is 1310. The fourth-order valence-electron chi connectivity index (χ4n) is 4.60. The molecule has 3 N–H and O–H groups in total. The zero-order valence-corrected chi connectivity index (χ0v) is 24.2. The normalized spacial score (nSPS) is 19.0. The fraction of sp³-hybridized carbons (Fsp3) is 0.583. The molecule has 0 radical (unpaired) electrons. The number of carbonyl (C=O) groups excluding carboxylic acids is 1. The van der Waals surface area contributed by atoms with Gasteiger partial charge < -0.3 is 20.2 Å². The Morgan fingerprint density at radius 2 is 1.77 bits per heavy atom. The Hall–Kier alpha value is -2.91. The molecule has 2 aliphatic rings. The second-order valence-electron chi connectivity index (χ2n) is 10.9. The summed E-state index contributed by atoms with van der Waals surface area (Å²) in [4.78, 5) is 30.2. The van der Waals surface area contributed by atoms with E-state index in [2.05, 4.69) is 38.1 Å². The van der Waals surface area contributed by atoms with Gasteiger partial charge in [0.2, 0.25) is 16.0 Å². The predicted octanol–water partition coefficient (Wildman–Crippen LogP) is 2.93. The number of anilines is 4. The SMILES string of the molecule is Cc1cc(NC(=O)c2ncc(NS(=O)(=O)CCO)cc2N2CC[Si](C)(C)CC2)nc(N2CCC(F)(F)CC2)n1. The summed E-state index contributed by atoms with van der Waals surface area (Å²) in [6, 6.07) is 5.20. The molecule has 0 saturated carbocycles. The summed E-state index contributed by atoms with van der Waals surface area (Å²) >= 11 is 0. The molecular weight excluding hydrogens is 548 g/mol. The van der Waals surface area contributed by atoms with Gasteiger partial charge in [0.25, 0.3) is 11.8 Å². The van der Waals surface area contributed by atoms with Crippen LogP contribution in [0.25, 0.3) is 0 Å². The molecule has 2 saturated heterocycles. The first-order valence-corrected chi connectivity index (χ1v) is 18.0. The lowest BCUT2D eigenvalue weighted by molar-refractivity contribution is -0.0222. The summed E-state index contributed by atoms with van der Waals surface area (Å²) in [5.41, 5.74) is 1.36. The average molecular weight is 584 g/mol. The molecular formula is C24H35F2N7O4SSi. The van der Waals surface area contributed by atoms with Gasteiger partial charge in [0.1, 0.15) is 5.82 Å². The number of rotatable bonds is 8. The molecule has 4 rings (SSSR count). The number of alkyl halides is 2. The summed E-state index contributed by atoms with van der Waals surface area (Å²) in [6.45, 7) is 7.48. The molecule has 0 atom stereocenters. The van der Waals surface area contributed by atoms with Crippen molar-refractivity contribution in [2.24, 2.45) is 0 Å². The van der Waals surface area contributed by atoms with Crippen LogP contribution in [0.2, 0.25) is 25.2 Å². The number of aryl methyl sites for hydroxylation is 1. The second-order valence-corrected chi connectivity index (χ2v) is 18.0. The molecule has 214 valence electrons. The number of hydrogen-bond acceptors (Lipinski definition) is 9. The minimum absolute atomic E-state index is 0.108. The minimum atomic E-state index is -3.78. The molecule has 0 spiro atoms. The standard InChI is InChI=1S/C24H35F2N7O4SSi/c1-17-14-20(30-23(28-17)33-6-4-24(25,26)5-7-33)29-22(35)21-19(32-8-12-39(2,3)13-9-32)15-18(16-27-21)31-38(36,37)11-10-34/h14-16,31,34H,4-13H2,1-3H3,(H,28,29,30,35). The van der Waals surface area contributed by atoms with E-state index in [-0.39, 0.29) is 49.1 Å². The summed E-state index contributed by atoms with van der Waals surface area (Å²) in [6.07, 6.45) is 0.687. The van der Waals surface area contributed by atoms with E-state index in [4.69, 9.17) is 5.11 Å². The number of hydrogen-bond donors (Lipinski definition) is 3. The van der Waals surface area contributed by atoms with E-state index in [0.29, 0.717) is 24.5 Å². The van der Waals surface area contributed by atoms with Gasteiger partial charge in [-0.15, -0.1) is 0 Å². The molecule has 0 unspecified atom stereocenters. The lowest BCUT2D eigenvalue weighted by atomic mass is 10.1. The number of nitrogens with one attached hydrogen (secondary N) is 2. The maximum absolute atomic E-state index is 13.6. The van der Waals surface area contributed by atoms with Gasteiger partial charge in [0, 0.05) is 50.8 Å². The van der Waals surface area contributed by atoms with Crippen molar-refractivity contribution in [2.75, 3.05) is 58.4 Å². The topological polar surface area (TPSA) is 141 Å². The molecule has 0 aliphatic carbocycles. The molecule has 39 heavy (non-hydrogen) atoms. The van der Waals surface area contributed by atoms with Crippen LogP contribution in [0.3, 0.4) is 0 Å². The van der Waals surface area contributed by atoms with Gasteiger partial charge in [-0.2, -0.15) is 4.98 Å². The third-order valence-electron chi connectivity index (χ3n) is 7.04. The third-order valence-corrected chi connectivity index (χ3v) is 11.5. The minimum Gasteiger partial charge on any atom is -0.395 e. The highest BCUT2D eigenvalue weighted by atomic mass is 32.2. The van der Waals surface area contributed by atoms with Crippen LogP contribution in [-0.2, 0) is 10.0 Å². The van der Waals surface area contributed by atoms with Crippen molar-refractivity contribution in [1.82, 2.24) is 15.0 Å². The van der Waals surface area contributed by atoms with Crippen LogP contribution in [0.15, 0.2) is 18.3 Å². The van der Waals surface area contributed by atoms with Crippen molar-refractivity contribution in [3.8, 4) is 0 Å². The van der Waals surface area contributed by atoms with Crippen LogP contribution in [-0.4, -0.2) is 86.9 Å². The van der Waals surface area contributed by atoms with E-state index in [1.54, 1.807) is 24.0 Å². The number of sulfonamides is 1. The van der Waals surface area contributed by atoms with Gasteiger partial charge in [0.15, 0.2) is 5.69 Å². The highest BCUT2D eigenvalue weighted by molar-refractivity contribution is 7.92. The summed E-state index contributed by atoms with van der Waals surface area (Å²) in [7, 11) is -5.12. The third kappa shape index (κ3) is 7.60. The Morgan fingerprint density at radius 1 is 1.10 bits per heavy atom. The average Bonchev–Trinajstić information content (AvgIpc) is 2.83. The number of aromatic nitrogens is 3. The van der Waals surface area contributed by atoms with Crippen LogP contribution >= 0.6 is 0 Å². The number of carbonyl (C=O) groups is 1. The van der Waals surface area contributed by atoms with E-state index in [1.165, 1.54) is 6.20 Å². The monoisotopic (exact) mass is 583 g/mol. The van der Waals surface area contributed by atoms with E-state index in [9.17, 15) is 22.0 Å². The zero-order chi connectivity index (χ0) is 28.4. The molecule has 0 bridgehead atoms. The van der Waals surface area contributed by atoms with Crippen molar-refractivity contribution in [1.29, 1.82) is 0 Å². The van der Waals surface area contributed by atoms with Crippen molar-refractivity contribution in [3.05, 3.63) is 29.7 Å². The molecule has 2 aromatic rings. The van der Waals surface area contributed by atoms with Gasteiger partial charge in [-0.3, -0.25) is 9.52 Å². The van der Waals surface area contributed by atoms with Crippen molar-refractivity contribution < 1.29 is 27.1 Å². The first-order valence-electron chi connectivity index (χ1n) is 12.9. The van der Waals surface area contributed by atoms with Crippen molar-refractivity contribution in [3.63, 3.8) is 0 Å². The largest absolute Gasteiger partial charge is 0.395 e. The Balaban J connectivity index is 1.60. The van der Waals surface area contributed by atoms with Crippen LogP contribution in [0.5, 0.6) is 0 Å². The number of aliphatic hydroxyl groups is 1. The second kappa shape index (κ2) is 11.3. The number of piperidine rings is 1. The quantitative estimate of drug-likeness (QED) is 0.400. The Labute approximate surface area is 228 Å². The molecule has 15 heteroatoms. The van der Waals surface area contributed by atoms with Crippen LogP contribution in [0.1, 0.15) is 29.0 Å². The number of pyridine rings is 1. The highest BCUT2D eigenvalue weighted by Gasteiger charge is 2.35. The van der Waals surface area contributed by atoms with Crippen molar-refractivity contribution in [2.45, 2.75) is 50.9 Å². The maximum Gasteiger partial charge on any atom is 0.277 e. The lowest BCUT2D eigenvalue weighted by Crippen LogP contribution is -2.43. The van der Waals surface area contributed by atoms with Gasteiger partial charge >= 0.3 is 0 Å². The molecule has 2 aliphatic heterocycles. The van der Waals surface area contributed by atoms with Crippen LogP contribution in [0.4, 0.5) is 31.9 Å². The lowest BCUT2D eigenvalue weighted by Gasteiger charge is -2.37. The van der Waals surface area contributed by atoms with Gasteiger partial charge in [-0.25, -0.2) is 27.2 Å². The number of aliphatic hydroxyl groups excluding tert-OH is 1. The molecule has 4 heterocycles. The first-order chi connectivity index (χ1) is 18.3. The fourth-order valence-corrected chi connectivity index (χ4v) is 7.41. The first kappa shape index (κ1) is 29.1. The number of amides is 1. The number of nitrogens with zero attached hydrogens (tertiary/aromatic N) is 5. The molecule has 11 nitrogen and oxygen atoms in total. The van der Waals surface area contributed by atoms with Crippen LogP contribution < -0.4 is 19.8 Å². The summed E-state index contributed by atoms with van der Waals surface area (Å²) in [5.74, 6) is -3.22. The molecule has 1 amide bonds. The van der Waals surface area contributed by atoms with Gasteiger partial charge in [-0.05, 0) is 25.1 Å².